The van der Waals surface area contributed by atoms with E-state index in [-0.39, 0.29) is 0 Å². The maximum absolute atomic E-state index is 3.52. The largest absolute Gasteiger partial charge is 0.312 e. The zero-order valence-electron chi connectivity index (χ0n) is 19.0. The van der Waals surface area contributed by atoms with Crippen LogP contribution in [0.3, 0.4) is 0 Å². The lowest BCUT2D eigenvalue weighted by Gasteiger charge is -2.14. The highest BCUT2D eigenvalue weighted by atomic mass is 14.9. The van der Waals surface area contributed by atoms with Gasteiger partial charge in [0, 0.05) is 19.1 Å². The Hall–Kier alpha value is -3.20. The van der Waals surface area contributed by atoms with Crippen molar-refractivity contribution in [2.24, 2.45) is 0 Å². The van der Waals surface area contributed by atoms with Gasteiger partial charge in [-0.2, -0.15) is 0 Å². The van der Waals surface area contributed by atoms with Gasteiger partial charge < -0.3 is 10.6 Å². The summed E-state index contributed by atoms with van der Waals surface area (Å²) in [5, 5.41) is 6.97. The van der Waals surface area contributed by atoms with Crippen molar-refractivity contribution < 1.29 is 0 Å². The Labute approximate surface area is 193 Å². The van der Waals surface area contributed by atoms with Crippen LogP contribution in [0, 0.1) is 0 Å². The summed E-state index contributed by atoms with van der Waals surface area (Å²) in [6.45, 7) is 5.09. The average Bonchev–Trinajstić information content (AvgIpc) is 2.88. The first-order valence-electron chi connectivity index (χ1n) is 11.4. The van der Waals surface area contributed by atoms with Crippen molar-refractivity contribution in [2.45, 2.75) is 32.5 Å². The fourth-order valence-electron chi connectivity index (χ4n) is 3.43. The number of hydrogen-bond acceptors (Lipinski definition) is 2. The molecular weight excluding hydrogens is 388 g/mol. The molecule has 2 heteroatoms. The molecule has 2 N–H and O–H groups in total. The molecule has 164 valence electrons. The molecule has 0 aliphatic rings. The minimum Gasteiger partial charge on any atom is -0.312 e. The fraction of sp³-hybridized carbons (Fsp3) is 0.200. The SMILES string of the molecule is CC(NCc1ccccc1)c1ccccc1.c1ccc(CCNCc2ccccc2)cc1. The predicted molar refractivity (Wildman–Crippen MR) is 136 cm³/mol. The van der Waals surface area contributed by atoms with E-state index < -0.39 is 0 Å². The van der Waals surface area contributed by atoms with Crippen LogP contribution in [0.5, 0.6) is 0 Å². The van der Waals surface area contributed by atoms with Crippen molar-refractivity contribution in [3.05, 3.63) is 144 Å². The molecule has 0 fully saturated rings. The van der Waals surface area contributed by atoms with E-state index >= 15 is 0 Å². The van der Waals surface area contributed by atoms with Gasteiger partial charge in [0.1, 0.15) is 0 Å². The lowest BCUT2D eigenvalue weighted by molar-refractivity contribution is 0.575. The molecule has 0 aliphatic heterocycles. The van der Waals surface area contributed by atoms with Crippen LogP contribution in [0.15, 0.2) is 121 Å². The molecule has 0 radical (unpaired) electrons. The maximum atomic E-state index is 3.52. The van der Waals surface area contributed by atoms with Gasteiger partial charge in [-0.25, -0.2) is 0 Å². The van der Waals surface area contributed by atoms with Gasteiger partial charge in [-0.3, -0.25) is 0 Å². The van der Waals surface area contributed by atoms with Crippen molar-refractivity contribution in [3.63, 3.8) is 0 Å². The van der Waals surface area contributed by atoms with E-state index in [0.717, 1.165) is 26.1 Å². The number of benzene rings is 4. The Bertz CT molecular complexity index is 929. The summed E-state index contributed by atoms with van der Waals surface area (Å²) in [5.41, 5.74) is 5.39. The summed E-state index contributed by atoms with van der Waals surface area (Å²) in [4.78, 5) is 0. The van der Waals surface area contributed by atoms with E-state index in [9.17, 15) is 0 Å². The van der Waals surface area contributed by atoms with E-state index in [1.54, 1.807) is 0 Å². The lowest BCUT2D eigenvalue weighted by Crippen LogP contribution is -2.17. The predicted octanol–water partition coefficient (Wildman–Crippen LogP) is 6.56. The molecule has 0 saturated carbocycles. The van der Waals surface area contributed by atoms with Crippen molar-refractivity contribution in [2.75, 3.05) is 6.54 Å². The van der Waals surface area contributed by atoms with Crippen LogP contribution in [0.2, 0.25) is 0 Å². The van der Waals surface area contributed by atoms with Crippen LogP contribution in [-0.4, -0.2) is 6.54 Å². The minimum atomic E-state index is 0.390. The normalized spacial score (nSPS) is 11.3. The average molecular weight is 423 g/mol. The molecule has 4 aromatic rings. The molecule has 0 aromatic heterocycles. The summed E-state index contributed by atoms with van der Waals surface area (Å²) in [5.74, 6) is 0. The zero-order valence-corrected chi connectivity index (χ0v) is 19.0. The van der Waals surface area contributed by atoms with Crippen LogP contribution in [-0.2, 0) is 19.5 Å². The molecule has 0 spiro atoms. The third-order valence-electron chi connectivity index (χ3n) is 5.36. The number of rotatable bonds is 9. The Balaban J connectivity index is 0.000000181. The first-order chi connectivity index (χ1) is 15.8. The van der Waals surface area contributed by atoms with E-state index in [4.69, 9.17) is 0 Å². The third-order valence-corrected chi connectivity index (χ3v) is 5.36. The van der Waals surface area contributed by atoms with Gasteiger partial charge in [-0.15, -0.1) is 0 Å². The first-order valence-corrected chi connectivity index (χ1v) is 11.4. The smallest absolute Gasteiger partial charge is 0.0294 e. The van der Waals surface area contributed by atoms with Crippen LogP contribution >= 0.6 is 0 Å². The molecule has 32 heavy (non-hydrogen) atoms. The van der Waals surface area contributed by atoms with Gasteiger partial charge >= 0.3 is 0 Å². The standard InChI is InChI=1S/2C15H17N/c1-13(15-10-6-3-7-11-15)16-12-14-8-4-2-5-9-14;1-3-7-14(8-4-1)11-12-16-13-15-9-5-2-6-10-15/h2-11,13,16H,12H2,1H3;1-10,16H,11-13H2. The Morgan fingerprint density at radius 3 is 1.50 bits per heavy atom. The zero-order chi connectivity index (χ0) is 22.3. The van der Waals surface area contributed by atoms with Crippen molar-refractivity contribution >= 4 is 0 Å². The number of nitrogens with one attached hydrogen (secondary N) is 2. The highest BCUT2D eigenvalue weighted by Gasteiger charge is 2.03. The molecule has 1 atom stereocenters. The Morgan fingerprint density at radius 1 is 0.531 bits per heavy atom. The van der Waals surface area contributed by atoms with Gasteiger partial charge in [-0.05, 0) is 42.1 Å². The molecular formula is C30H34N2. The molecule has 4 aromatic carbocycles. The van der Waals surface area contributed by atoms with E-state index in [0.29, 0.717) is 6.04 Å². The van der Waals surface area contributed by atoms with E-state index in [1.807, 2.05) is 18.2 Å². The lowest BCUT2D eigenvalue weighted by atomic mass is 10.1. The molecule has 1 unspecified atom stereocenters. The van der Waals surface area contributed by atoms with Gasteiger partial charge in [-0.1, -0.05) is 121 Å². The molecule has 0 amide bonds. The second kappa shape index (κ2) is 14.0. The minimum absolute atomic E-state index is 0.390. The van der Waals surface area contributed by atoms with Crippen LogP contribution in [0.4, 0.5) is 0 Å². The monoisotopic (exact) mass is 422 g/mol. The van der Waals surface area contributed by atoms with Crippen LogP contribution in [0.1, 0.15) is 35.2 Å². The Morgan fingerprint density at radius 2 is 0.969 bits per heavy atom. The van der Waals surface area contributed by atoms with E-state index in [2.05, 4.69) is 121 Å². The van der Waals surface area contributed by atoms with Gasteiger partial charge in [0.15, 0.2) is 0 Å². The van der Waals surface area contributed by atoms with Crippen molar-refractivity contribution in [1.29, 1.82) is 0 Å². The molecule has 0 bridgehead atoms. The fourth-order valence-corrected chi connectivity index (χ4v) is 3.43. The molecule has 2 nitrogen and oxygen atoms in total. The topological polar surface area (TPSA) is 24.1 Å². The van der Waals surface area contributed by atoms with Gasteiger partial charge in [0.05, 0.1) is 0 Å². The highest BCUT2D eigenvalue weighted by molar-refractivity contribution is 5.20. The summed E-state index contributed by atoms with van der Waals surface area (Å²) in [7, 11) is 0. The van der Waals surface area contributed by atoms with Crippen LogP contribution in [0.25, 0.3) is 0 Å². The quantitative estimate of drug-likeness (QED) is 0.299. The summed E-state index contributed by atoms with van der Waals surface area (Å²) in [6, 6.07) is 42.5. The van der Waals surface area contributed by atoms with Gasteiger partial charge in [0.25, 0.3) is 0 Å². The maximum Gasteiger partial charge on any atom is 0.0294 e. The van der Waals surface area contributed by atoms with Gasteiger partial charge in [0.2, 0.25) is 0 Å². The van der Waals surface area contributed by atoms with Crippen LogP contribution < -0.4 is 10.6 Å². The summed E-state index contributed by atoms with van der Waals surface area (Å²) < 4.78 is 0. The molecule has 4 rings (SSSR count). The van der Waals surface area contributed by atoms with Crippen molar-refractivity contribution in [3.8, 4) is 0 Å². The highest BCUT2D eigenvalue weighted by Crippen LogP contribution is 2.12. The summed E-state index contributed by atoms with van der Waals surface area (Å²) >= 11 is 0. The Kier molecular flexibility index (Phi) is 10.2. The number of hydrogen-bond donors (Lipinski definition) is 2. The molecule has 0 saturated heterocycles. The first kappa shape index (κ1) is 23.5. The van der Waals surface area contributed by atoms with E-state index in [1.165, 1.54) is 22.3 Å². The van der Waals surface area contributed by atoms with Crippen molar-refractivity contribution in [1.82, 2.24) is 10.6 Å². The summed E-state index contributed by atoms with van der Waals surface area (Å²) in [6.07, 6.45) is 1.09. The molecule has 0 heterocycles. The third kappa shape index (κ3) is 8.89. The second-order valence-corrected chi connectivity index (χ2v) is 7.90. The second-order valence-electron chi connectivity index (χ2n) is 7.90. The molecule has 0 aliphatic carbocycles.